The summed E-state index contributed by atoms with van der Waals surface area (Å²) in [5.74, 6) is 0.533. The lowest BCUT2D eigenvalue weighted by atomic mass is 9.76. The van der Waals surface area contributed by atoms with Crippen molar-refractivity contribution in [2.45, 2.75) is 45.6 Å². The molecule has 1 aromatic carbocycles. The number of anilines is 1. The van der Waals surface area contributed by atoms with Gasteiger partial charge < -0.3 is 11.1 Å². The van der Waals surface area contributed by atoms with Crippen LogP contribution in [0.2, 0.25) is 0 Å². The van der Waals surface area contributed by atoms with E-state index in [0.29, 0.717) is 17.4 Å². The van der Waals surface area contributed by atoms with Crippen LogP contribution in [0, 0.1) is 5.41 Å². The second-order valence-electron chi connectivity index (χ2n) is 5.90. The summed E-state index contributed by atoms with van der Waals surface area (Å²) >= 11 is 0. The molecule has 18 heavy (non-hydrogen) atoms. The smallest absolute Gasteiger partial charge is 0.193 e. The Morgan fingerprint density at radius 2 is 1.83 bits per heavy atom. The first kappa shape index (κ1) is 12.9. The molecular weight excluding hydrogens is 222 g/mol. The van der Waals surface area contributed by atoms with Crippen molar-refractivity contribution in [3.05, 3.63) is 30.3 Å². The number of nitrogens with zero attached hydrogens (tertiary/aromatic N) is 1. The maximum absolute atomic E-state index is 5.94. The third-order valence-corrected chi connectivity index (χ3v) is 3.68. The van der Waals surface area contributed by atoms with Crippen molar-refractivity contribution in [2.75, 3.05) is 5.32 Å². The first-order chi connectivity index (χ1) is 8.55. The van der Waals surface area contributed by atoms with Gasteiger partial charge >= 0.3 is 0 Å². The quantitative estimate of drug-likeness (QED) is 0.620. The minimum atomic E-state index is 0.384. The fourth-order valence-electron chi connectivity index (χ4n) is 2.41. The number of para-hydroxylation sites is 1. The van der Waals surface area contributed by atoms with Gasteiger partial charge in [-0.1, -0.05) is 32.0 Å². The Labute approximate surface area is 109 Å². The molecule has 0 bridgehead atoms. The molecule has 3 nitrogen and oxygen atoms in total. The molecule has 0 atom stereocenters. The highest BCUT2D eigenvalue weighted by molar-refractivity contribution is 5.92. The monoisotopic (exact) mass is 245 g/mol. The van der Waals surface area contributed by atoms with Crippen LogP contribution in [0.5, 0.6) is 0 Å². The van der Waals surface area contributed by atoms with Crippen molar-refractivity contribution in [1.82, 2.24) is 0 Å². The molecule has 0 heterocycles. The standard InChI is InChI=1S/C15H23N3/c1-15(2)10-8-13(9-11-15)18-14(16)17-12-6-4-3-5-7-12/h3-7,13H,8-11H2,1-2H3,(H3,16,17,18). The minimum absolute atomic E-state index is 0.384. The number of nitrogens with one attached hydrogen (secondary N) is 1. The molecule has 3 N–H and O–H groups in total. The fourth-order valence-corrected chi connectivity index (χ4v) is 2.41. The molecule has 0 spiro atoms. The zero-order valence-electron chi connectivity index (χ0n) is 11.3. The number of nitrogens with two attached hydrogens (primary N) is 1. The van der Waals surface area contributed by atoms with Crippen molar-refractivity contribution < 1.29 is 0 Å². The third kappa shape index (κ3) is 3.76. The SMILES string of the molecule is CC1(C)CCC(N=C(N)Nc2ccccc2)CC1. The Bertz CT molecular complexity index is 399. The molecule has 1 aliphatic carbocycles. The van der Waals surface area contributed by atoms with E-state index in [0.717, 1.165) is 18.5 Å². The lowest BCUT2D eigenvalue weighted by Crippen LogP contribution is -2.29. The van der Waals surface area contributed by atoms with Gasteiger partial charge in [0.05, 0.1) is 6.04 Å². The molecule has 1 saturated carbocycles. The molecule has 1 fully saturated rings. The van der Waals surface area contributed by atoms with Gasteiger partial charge in [-0.15, -0.1) is 0 Å². The first-order valence-corrected chi connectivity index (χ1v) is 6.70. The number of rotatable bonds is 2. The molecule has 0 amide bonds. The maximum Gasteiger partial charge on any atom is 0.193 e. The van der Waals surface area contributed by atoms with Gasteiger partial charge in [0.1, 0.15) is 0 Å². The van der Waals surface area contributed by atoms with Gasteiger partial charge in [0, 0.05) is 5.69 Å². The largest absolute Gasteiger partial charge is 0.370 e. The Morgan fingerprint density at radius 3 is 2.44 bits per heavy atom. The van der Waals surface area contributed by atoms with Crippen molar-refractivity contribution in [1.29, 1.82) is 0 Å². The minimum Gasteiger partial charge on any atom is -0.370 e. The first-order valence-electron chi connectivity index (χ1n) is 6.70. The average Bonchev–Trinajstić information content (AvgIpc) is 2.33. The molecular formula is C15H23N3. The third-order valence-electron chi connectivity index (χ3n) is 3.68. The van der Waals surface area contributed by atoms with Crippen molar-refractivity contribution in [3.8, 4) is 0 Å². The van der Waals surface area contributed by atoms with E-state index < -0.39 is 0 Å². The summed E-state index contributed by atoms with van der Waals surface area (Å²) in [6.45, 7) is 4.66. The van der Waals surface area contributed by atoms with Crippen LogP contribution in [0.4, 0.5) is 5.69 Å². The predicted molar refractivity (Wildman–Crippen MR) is 77.7 cm³/mol. The van der Waals surface area contributed by atoms with Crippen molar-refractivity contribution in [2.24, 2.45) is 16.1 Å². The van der Waals surface area contributed by atoms with E-state index in [2.05, 4.69) is 24.2 Å². The molecule has 0 radical (unpaired) electrons. The normalized spacial score (nSPS) is 20.7. The Kier molecular flexibility index (Phi) is 3.90. The van der Waals surface area contributed by atoms with Crippen LogP contribution in [0.3, 0.4) is 0 Å². The average molecular weight is 245 g/mol. The van der Waals surface area contributed by atoms with Gasteiger partial charge in [0.15, 0.2) is 5.96 Å². The topological polar surface area (TPSA) is 50.4 Å². The second kappa shape index (κ2) is 5.42. The van der Waals surface area contributed by atoms with Crippen LogP contribution in [0.1, 0.15) is 39.5 Å². The van der Waals surface area contributed by atoms with Crippen LogP contribution >= 0.6 is 0 Å². The van der Waals surface area contributed by atoms with Crippen LogP contribution in [0.15, 0.2) is 35.3 Å². The van der Waals surface area contributed by atoms with E-state index in [4.69, 9.17) is 5.73 Å². The van der Waals surface area contributed by atoms with Gasteiger partial charge in [-0.3, -0.25) is 0 Å². The molecule has 98 valence electrons. The predicted octanol–water partition coefficient (Wildman–Crippen LogP) is 3.38. The Morgan fingerprint density at radius 1 is 1.22 bits per heavy atom. The van der Waals surface area contributed by atoms with Gasteiger partial charge in [-0.25, -0.2) is 4.99 Å². The Hall–Kier alpha value is -1.51. The molecule has 2 rings (SSSR count). The maximum atomic E-state index is 5.94. The molecule has 1 aliphatic rings. The van der Waals surface area contributed by atoms with E-state index in [1.165, 1.54) is 12.8 Å². The zero-order chi connectivity index (χ0) is 13.0. The van der Waals surface area contributed by atoms with Gasteiger partial charge in [-0.05, 0) is 43.2 Å². The summed E-state index contributed by atoms with van der Waals surface area (Å²) in [5.41, 5.74) is 7.42. The number of hydrogen-bond donors (Lipinski definition) is 2. The highest BCUT2D eigenvalue weighted by atomic mass is 15.1. The number of aliphatic imine (C=N–C) groups is 1. The van der Waals surface area contributed by atoms with Crippen LogP contribution in [0.25, 0.3) is 0 Å². The molecule has 0 aliphatic heterocycles. The number of guanidine groups is 1. The van der Waals surface area contributed by atoms with Crippen LogP contribution in [-0.2, 0) is 0 Å². The van der Waals surface area contributed by atoms with Gasteiger partial charge in [0.2, 0.25) is 0 Å². The molecule has 3 heteroatoms. The summed E-state index contributed by atoms with van der Waals surface area (Å²) in [7, 11) is 0. The van der Waals surface area contributed by atoms with E-state index in [1.54, 1.807) is 0 Å². The van der Waals surface area contributed by atoms with E-state index in [1.807, 2.05) is 30.3 Å². The van der Waals surface area contributed by atoms with Crippen LogP contribution < -0.4 is 11.1 Å². The zero-order valence-corrected chi connectivity index (χ0v) is 11.3. The summed E-state index contributed by atoms with van der Waals surface area (Å²) in [6.07, 6.45) is 4.76. The van der Waals surface area contributed by atoms with Crippen LogP contribution in [-0.4, -0.2) is 12.0 Å². The summed E-state index contributed by atoms with van der Waals surface area (Å²) in [4.78, 5) is 4.58. The number of hydrogen-bond acceptors (Lipinski definition) is 1. The van der Waals surface area contributed by atoms with Crippen molar-refractivity contribution in [3.63, 3.8) is 0 Å². The molecule has 0 unspecified atom stereocenters. The summed E-state index contributed by atoms with van der Waals surface area (Å²) in [6, 6.07) is 10.3. The molecule has 1 aromatic rings. The summed E-state index contributed by atoms with van der Waals surface area (Å²) < 4.78 is 0. The highest BCUT2D eigenvalue weighted by Crippen LogP contribution is 2.36. The lowest BCUT2D eigenvalue weighted by Gasteiger charge is -2.32. The number of benzene rings is 1. The second-order valence-corrected chi connectivity index (χ2v) is 5.90. The van der Waals surface area contributed by atoms with Gasteiger partial charge in [0.25, 0.3) is 0 Å². The van der Waals surface area contributed by atoms with E-state index in [-0.39, 0.29) is 0 Å². The Balaban J connectivity index is 1.90. The molecule has 0 saturated heterocycles. The van der Waals surface area contributed by atoms with E-state index >= 15 is 0 Å². The fraction of sp³-hybridized carbons (Fsp3) is 0.533. The lowest BCUT2D eigenvalue weighted by molar-refractivity contribution is 0.226. The van der Waals surface area contributed by atoms with Crippen molar-refractivity contribution >= 4 is 11.6 Å². The highest BCUT2D eigenvalue weighted by Gasteiger charge is 2.26. The molecule has 0 aromatic heterocycles. The summed E-state index contributed by atoms with van der Waals surface area (Å²) in [5, 5.41) is 3.14. The van der Waals surface area contributed by atoms with Gasteiger partial charge in [-0.2, -0.15) is 0 Å². The van der Waals surface area contributed by atoms with E-state index in [9.17, 15) is 0 Å².